The van der Waals surface area contributed by atoms with Gasteiger partial charge in [0.25, 0.3) is 0 Å². The van der Waals surface area contributed by atoms with Crippen LogP contribution in [0.5, 0.6) is 0 Å². The number of alkyl carbamates (subject to hydrolysis) is 1. The highest BCUT2D eigenvalue weighted by atomic mass is 19.1. The lowest BCUT2D eigenvalue weighted by molar-refractivity contribution is 0.0479. The van der Waals surface area contributed by atoms with Crippen molar-refractivity contribution in [2.45, 2.75) is 45.0 Å². The van der Waals surface area contributed by atoms with E-state index in [2.05, 4.69) is 5.32 Å². The van der Waals surface area contributed by atoms with Gasteiger partial charge in [0.2, 0.25) is 0 Å². The number of hydrogen-bond acceptors (Lipinski definition) is 2. The number of carbonyl (C=O) groups is 1. The summed E-state index contributed by atoms with van der Waals surface area (Å²) in [6.45, 7) is 5.34. The van der Waals surface area contributed by atoms with Crippen molar-refractivity contribution in [3.05, 3.63) is 35.4 Å². The molecule has 18 heavy (non-hydrogen) atoms. The summed E-state index contributed by atoms with van der Waals surface area (Å²) in [7, 11) is 0. The number of rotatable bonds is 1. The second-order valence-electron chi connectivity index (χ2n) is 5.54. The highest BCUT2D eigenvalue weighted by Crippen LogP contribution is 2.33. The van der Waals surface area contributed by atoms with Crippen LogP contribution in [0.3, 0.4) is 0 Å². The van der Waals surface area contributed by atoms with Gasteiger partial charge in [0.15, 0.2) is 0 Å². The third-order valence-electron chi connectivity index (χ3n) is 2.84. The molecule has 2 unspecified atom stereocenters. The molecule has 1 amide bonds. The first-order valence-corrected chi connectivity index (χ1v) is 6.08. The average Bonchev–Trinajstić information content (AvgIpc) is 2.53. The maximum atomic E-state index is 13.9. The van der Waals surface area contributed by atoms with Crippen LogP contribution in [-0.4, -0.2) is 17.9 Å². The first kappa shape index (κ1) is 12.9. The van der Waals surface area contributed by atoms with Crippen LogP contribution in [0.2, 0.25) is 0 Å². The van der Waals surface area contributed by atoms with Crippen molar-refractivity contribution >= 4 is 6.09 Å². The molecular weight excluding hydrogens is 233 g/mol. The molecule has 0 spiro atoms. The molecule has 0 saturated carbocycles. The zero-order chi connectivity index (χ0) is 13.3. The van der Waals surface area contributed by atoms with Crippen molar-refractivity contribution in [1.29, 1.82) is 0 Å². The van der Waals surface area contributed by atoms with Crippen LogP contribution in [0.1, 0.15) is 37.9 Å². The number of halogens is 1. The SMILES string of the molecule is CC(C)(C)OC(=O)NC1c2ccccc2CC1F. The van der Waals surface area contributed by atoms with Crippen molar-refractivity contribution in [2.75, 3.05) is 0 Å². The van der Waals surface area contributed by atoms with E-state index in [1.54, 1.807) is 20.8 Å². The van der Waals surface area contributed by atoms with Crippen LogP contribution < -0.4 is 5.32 Å². The second kappa shape index (κ2) is 4.59. The van der Waals surface area contributed by atoms with E-state index in [1.165, 1.54) is 0 Å². The van der Waals surface area contributed by atoms with E-state index >= 15 is 0 Å². The van der Waals surface area contributed by atoms with E-state index in [0.29, 0.717) is 6.42 Å². The summed E-state index contributed by atoms with van der Waals surface area (Å²) >= 11 is 0. The maximum Gasteiger partial charge on any atom is 0.408 e. The summed E-state index contributed by atoms with van der Waals surface area (Å²) in [6, 6.07) is 6.86. The highest BCUT2D eigenvalue weighted by Gasteiger charge is 2.34. The van der Waals surface area contributed by atoms with Crippen molar-refractivity contribution < 1.29 is 13.9 Å². The standard InChI is InChI=1S/C14H18FNO2/c1-14(2,3)18-13(17)16-12-10-7-5-4-6-9(10)8-11(12)15/h4-7,11-12H,8H2,1-3H3,(H,16,17). The summed E-state index contributed by atoms with van der Waals surface area (Å²) in [5.74, 6) is 0. The average molecular weight is 251 g/mol. The van der Waals surface area contributed by atoms with E-state index in [0.717, 1.165) is 11.1 Å². The molecule has 4 heteroatoms. The van der Waals surface area contributed by atoms with E-state index < -0.39 is 23.9 Å². The molecule has 98 valence electrons. The second-order valence-corrected chi connectivity index (χ2v) is 5.54. The van der Waals surface area contributed by atoms with E-state index in [-0.39, 0.29) is 0 Å². The van der Waals surface area contributed by atoms with Crippen LogP contribution in [0.15, 0.2) is 24.3 Å². The van der Waals surface area contributed by atoms with Crippen LogP contribution in [0.4, 0.5) is 9.18 Å². The fraction of sp³-hybridized carbons (Fsp3) is 0.500. The van der Waals surface area contributed by atoms with Gasteiger partial charge >= 0.3 is 6.09 Å². The van der Waals surface area contributed by atoms with Crippen LogP contribution in [0, 0.1) is 0 Å². The lowest BCUT2D eigenvalue weighted by atomic mass is 10.1. The molecule has 0 radical (unpaired) electrons. The third kappa shape index (κ3) is 2.81. The molecule has 1 aromatic rings. The summed E-state index contributed by atoms with van der Waals surface area (Å²) in [5, 5.41) is 2.61. The monoisotopic (exact) mass is 251 g/mol. The Morgan fingerprint density at radius 2 is 2.06 bits per heavy atom. The predicted octanol–water partition coefficient (Wildman–Crippen LogP) is 3.15. The van der Waals surface area contributed by atoms with E-state index in [4.69, 9.17) is 4.74 Å². The maximum absolute atomic E-state index is 13.9. The molecule has 0 saturated heterocycles. The van der Waals surface area contributed by atoms with Gasteiger partial charge in [-0.2, -0.15) is 0 Å². The Hall–Kier alpha value is -1.58. The molecule has 0 fully saturated rings. The first-order chi connectivity index (χ1) is 8.37. The van der Waals surface area contributed by atoms with Gasteiger partial charge in [0.05, 0.1) is 6.04 Å². The van der Waals surface area contributed by atoms with Crippen LogP contribution in [0.25, 0.3) is 0 Å². The molecular formula is C14H18FNO2. The smallest absolute Gasteiger partial charge is 0.408 e. The molecule has 0 heterocycles. The summed E-state index contributed by atoms with van der Waals surface area (Å²) in [4.78, 5) is 11.7. The van der Waals surface area contributed by atoms with Gasteiger partial charge in [0, 0.05) is 6.42 Å². The topological polar surface area (TPSA) is 38.3 Å². The number of amides is 1. The molecule has 1 aromatic carbocycles. The van der Waals surface area contributed by atoms with Crippen LogP contribution >= 0.6 is 0 Å². The van der Waals surface area contributed by atoms with E-state index in [1.807, 2.05) is 24.3 Å². The van der Waals surface area contributed by atoms with Crippen molar-refractivity contribution in [3.63, 3.8) is 0 Å². The minimum Gasteiger partial charge on any atom is -0.444 e. The highest BCUT2D eigenvalue weighted by molar-refractivity contribution is 5.69. The lowest BCUT2D eigenvalue weighted by Gasteiger charge is -2.23. The molecule has 0 bridgehead atoms. The minimum absolute atomic E-state index is 0.344. The summed E-state index contributed by atoms with van der Waals surface area (Å²) < 4.78 is 19.0. The Bertz CT molecular complexity index is 453. The quantitative estimate of drug-likeness (QED) is 0.832. The Balaban J connectivity index is 2.08. The molecule has 0 aliphatic heterocycles. The molecule has 3 nitrogen and oxygen atoms in total. The molecule has 2 atom stereocenters. The predicted molar refractivity (Wildman–Crippen MR) is 67.2 cm³/mol. The van der Waals surface area contributed by atoms with Gasteiger partial charge in [-0.05, 0) is 31.9 Å². The fourth-order valence-corrected chi connectivity index (χ4v) is 2.15. The Morgan fingerprint density at radius 1 is 1.39 bits per heavy atom. The Labute approximate surface area is 106 Å². The Kier molecular flexibility index (Phi) is 3.28. The fourth-order valence-electron chi connectivity index (χ4n) is 2.15. The van der Waals surface area contributed by atoms with Gasteiger partial charge < -0.3 is 10.1 Å². The number of ether oxygens (including phenoxy) is 1. The zero-order valence-electron chi connectivity index (χ0n) is 10.9. The van der Waals surface area contributed by atoms with Crippen molar-refractivity contribution in [2.24, 2.45) is 0 Å². The normalized spacial score (nSPS) is 22.4. The number of fused-ring (bicyclic) bond motifs is 1. The van der Waals surface area contributed by atoms with Crippen molar-refractivity contribution in [3.8, 4) is 0 Å². The van der Waals surface area contributed by atoms with Crippen molar-refractivity contribution in [1.82, 2.24) is 5.32 Å². The molecule has 1 aliphatic rings. The van der Waals surface area contributed by atoms with Gasteiger partial charge in [0.1, 0.15) is 11.8 Å². The third-order valence-corrected chi connectivity index (χ3v) is 2.84. The Morgan fingerprint density at radius 3 is 2.72 bits per heavy atom. The lowest BCUT2D eigenvalue weighted by Crippen LogP contribution is -2.37. The number of hydrogen-bond donors (Lipinski definition) is 1. The molecule has 0 aromatic heterocycles. The number of nitrogens with one attached hydrogen (secondary N) is 1. The first-order valence-electron chi connectivity index (χ1n) is 6.08. The molecule has 1 aliphatic carbocycles. The zero-order valence-corrected chi connectivity index (χ0v) is 10.9. The van der Waals surface area contributed by atoms with Gasteiger partial charge in [-0.3, -0.25) is 0 Å². The number of benzene rings is 1. The molecule has 1 N–H and O–H groups in total. The summed E-state index contributed by atoms with van der Waals surface area (Å²) in [5.41, 5.74) is 1.22. The number of alkyl halides is 1. The largest absolute Gasteiger partial charge is 0.444 e. The number of carbonyl (C=O) groups excluding carboxylic acids is 1. The summed E-state index contributed by atoms with van der Waals surface area (Å²) in [6.07, 6.45) is -1.32. The van der Waals surface area contributed by atoms with Crippen LogP contribution in [-0.2, 0) is 11.2 Å². The molecule has 2 rings (SSSR count). The van der Waals surface area contributed by atoms with Gasteiger partial charge in [-0.15, -0.1) is 0 Å². The van der Waals surface area contributed by atoms with Gasteiger partial charge in [-0.25, -0.2) is 9.18 Å². The van der Waals surface area contributed by atoms with Gasteiger partial charge in [-0.1, -0.05) is 24.3 Å². The minimum atomic E-state index is -1.09. The van der Waals surface area contributed by atoms with E-state index in [9.17, 15) is 9.18 Å².